The third-order valence-electron chi connectivity index (χ3n) is 3.00. The zero-order valence-corrected chi connectivity index (χ0v) is 9.89. The molecule has 0 aromatic carbocycles. The molecule has 0 unspecified atom stereocenters. The van der Waals surface area contributed by atoms with Crippen molar-refractivity contribution in [1.82, 2.24) is 10.3 Å². The number of carbonyl (C=O) groups is 1. The summed E-state index contributed by atoms with van der Waals surface area (Å²) >= 11 is 0. The number of hydrogen-bond acceptors (Lipinski definition) is 4. The Labute approximate surface area is 100 Å². The van der Waals surface area contributed by atoms with Crippen molar-refractivity contribution in [2.24, 2.45) is 0 Å². The summed E-state index contributed by atoms with van der Waals surface area (Å²) in [5.41, 5.74) is 0.282. The van der Waals surface area contributed by atoms with Crippen LogP contribution < -0.4 is 10.2 Å². The van der Waals surface area contributed by atoms with Gasteiger partial charge in [-0.15, -0.1) is 0 Å². The van der Waals surface area contributed by atoms with Crippen LogP contribution in [-0.2, 0) is 0 Å². The number of carboxylic acid groups (broad SMARTS) is 1. The van der Waals surface area contributed by atoms with E-state index in [1.54, 1.807) is 18.3 Å². The van der Waals surface area contributed by atoms with Gasteiger partial charge in [-0.1, -0.05) is 6.92 Å². The molecule has 1 aliphatic rings. The highest BCUT2D eigenvalue weighted by Gasteiger charge is 2.25. The lowest BCUT2D eigenvalue weighted by molar-refractivity contribution is 0.0697. The van der Waals surface area contributed by atoms with Gasteiger partial charge < -0.3 is 15.3 Å². The molecule has 0 bridgehead atoms. The van der Waals surface area contributed by atoms with E-state index in [2.05, 4.69) is 17.2 Å². The van der Waals surface area contributed by atoms with Crippen molar-refractivity contribution in [3.8, 4) is 0 Å². The zero-order valence-electron chi connectivity index (χ0n) is 9.89. The van der Waals surface area contributed by atoms with Crippen LogP contribution in [0.5, 0.6) is 0 Å². The van der Waals surface area contributed by atoms with Crippen LogP contribution in [0, 0.1) is 0 Å². The summed E-state index contributed by atoms with van der Waals surface area (Å²) in [4.78, 5) is 17.3. The molecule has 1 fully saturated rings. The smallest absolute Gasteiger partial charge is 0.339 e. The van der Waals surface area contributed by atoms with Gasteiger partial charge in [0.2, 0.25) is 0 Å². The second-order valence-corrected chi connectivity index (χ2v) is 4.17. The average molecular weight is 235 g/mol. The van der Waals surface area contributed by atoms with Crippen LogP contribution in [0.4, 0.5) is 5.82 Å². The van der Waals surface area contributed by atoms with Gasteiger partial charge in [0.25, 0.3) is 0 Å². The van der Waals surface area contributed by atoms with Gasteiger partial charge in [-0.05, 0) is 25.1 Å². The molecule has 0 saturated carbocycles. The number of pyridine rings is 1. The maximum atomic E-state index is 11.1. The number of hydrogen-bond donors (Lipinski definition) is 2. The molecule has 92 valence electrons. The van der Waals surface area contributed by atoms with Crippen LogP contribution in [0.1, 0.15) is 23.7 Å². The van der Waals surface area contributed by atoms with Crippen molar-refractivity contribution >= 4 is 11.8 Å². The molecular weight excluding hydrogens is 218 g/mol. The highest BCUT2D eigenvalue weighted by atomic mass is 16.4. The predicted molar refractivity (Wildman–Crippen MR) is 65.5 cm³/mol. The molecule has 5 heteroatoms. The van der Waals surface area contributed by atoms with Gasteiger partial charge in [0.05, 0.1) is 0 Å². The minimum atomic E-state index is -0.917. The lowest BCUT2D eigenvalue weighted by Gasteiger charge is -2.19. The molecule has 0 spiro atoms. The van der Waals surface area contributed by atoms with Gasteiger partial charge in [-0.3, -0.25) is 0 Å². The van der Waals surface area contributed by atoms with Crippen molar-refractivity contribution in [1.29, 1.82) is 0 Å². The Morgan fingerprint density at radius 2 is 2.53 bits per heavy atom. The first-order valence-corrected chi connectivity index (χ1v) is 5.89. The van der Waals surface area contributed by atoms with Crippen LogP contribution in [0.15, 0.2) is 18.3 Å². The van der Waals surface area contributed by atoms with Crippen LogP contribution in [0.2, 0.25) is 0 Å². The molecule has 0 amide bonds. The van der Waals surface area contributed by atoms with E-state index in [9.17, 15) is 4.79 Å². The largest absolute Gasteiger partial charge is 0.478 e. The number of aromatic carboxylic acids is 1. The highest BCUT2D eigenvalue weighted by Crippen LogP contribution is 2.22. The van der Waals surface area contributed by atoms with E-state index in [0.717, 1.165) is 26.1 Å². The Morgan fingerprint density at radius 3 is 3.24 bits per heavy atom. The van der Waals surface area contributed by atoms with E-state index >= 15 is 0 Å². The second-order valence-electron chi connectivity index (χ2n) is 4.17. The monoisotopic (exact) mass is 235 g/mol. The third kappa shape index (κ3) is 2.55. The van der Waals surface area contributed by atoms with Crippen molar-refractivity contribution in [2.75, 3.05) is 24.5 Å². The molecule has 2 rings (SSSR count). The number of carboxylic acids is 1. The molecule has 1 aromatic heterocycles. The molecule has 17 heavy (non-hydrogen) atoms. The number of likely N-dealkylation sites (N-methyl/N-ethyl adjacent to an activating group) is 1. The summed E-state index contributed by atoms with van der Waals surface area (Å²) in [7, 11) is 0. The molecule has 2 heterocycles. The lowest BCUT2D eigenvalue weighted by Crippen LogP contribution is -2.33. The standard InChI is InChI=1S/C12H17N3O2/c1-2-13-9-5-7-15(8-9)11-10(12(16)17)4-3-6-14-11/h3-4,6,9,13H,2,5,7-8H2,1H3,(H,16,17)/t9-/m0/s1. The van der Waals surface area contributed by atoms with Crippen molar-refractivity contribution < 1.29 is 9.90 Å². The van der Waals surface area contributed by atoms with E-state index in [4.69, 9.17) is 5.11 Å². The summed E-state index contributed by atoms with van der Waals surface area (Å²) in [6.45, 7) is 4.69. The first-order chi connectivity index (χ1) is 8.22. The van der Waals surface area contributed by atoms with E-state index in [1.807, 2.05) is 4.90 Å². The number of nitrogens with one attached hydrogen (secondary N) is 1. The second kappa shape index (κ2) is 5.14. The van der Waals surface area contributed by atoms with Gasteiger partial charge in [0, 0.05) is 25.3 Å². The Kier molecular flexibility index (Phi) is 3.58. The Balaban J connectivity index is 2.16. The fraction of sp³-hybridized carbons (Fsp3) is 0.500. The van der Waals surface area contributed by atoms with Crippen LogP contribution in [0.25, 0.3) is 0 Å². The topological polar surface area (TPSA) is 65.5 Å². The fourth-order valence-electron chi connectivity index (χ4n) is 2.22. The van der Waals surface area contributed by atoms with E-state index < -0.39 is 5.97 Å². The molecule has 0 aliphatic carbocycles. The highest BCUT2D eigenvalue weighted by molar-refractivity contribution is 5.93. The summed E-state index contributed by atoms with van der Waals surface area (Å²) in [5.74, 6) is -0.333. The zero-order chi connectivity index (χ0) is 12.3. The lowest BCUT2D eigenvalue weighted by atomic mass is 10.2. The Morgan fingerprint density at radius 1 is 1.71 bits per heavy atom. The summed E-state index contributed by atoms with van der Waals surface area (Å²) in [5, 5.41) is 12.5. The Hall–Kier alpha value is -1.62. The molecular formula is C12H17N3O2. The maximum Gasteiger partial charge on any atom is 0.339 e. The van der Waals surface area contributed by atoms with Crippen molar-refractivity contribution in [3.63, 3.8) is 0 Å². The van der Waals surface area contributed by atoms with E-state index in [1.165, 1.54) is 0 Å². The van der Waals surface area contributed by atoms with E-state index in [0.29, 0.717) is 11.9 Å². The number of aromatic nitrogens is 1. The molecule has 0 radical (unpaired) electrons. The van der Waals surface area contributed by atoms with Gasteiger partial charge in [-0.2, -0.15) is 0 Å². The average Bonchev–Trinajstić information content (AvgIpc) is 2.78. The molecule has 1 saturated heterocycles. The maximum absolute atomic E-state index is 11.1. The van der Waals surface area contributed by atoms with Gasteiger partial charge in [0.1, 0.15) is 11.4 Å². The normalized spacial score (nSPS) is 19.6. The SMILES string of the molecule is CCN[C@H]1CCN(c2ncccc2C(=O)O)C1. The molecule has 2 N–H and O–H groups in total. The Bertz CT molecular complexity index is 408. The number of nitrogens with zero attached hydrogens (tertiary/aromatic N) is 2. The van der Waals surface area contributed by atoms with Crippen LogP contribution in [0.3, 0.4) is 0 Å². The molecule has 1 aliphatic heterocycles. The van der Waals surface area contributed by atoms with Crippen LogP contribution in [-0.4, -0.2) is 41.7 Å². The first kappa shape index (κ1) is 11.9. The first-order valence-electron chi connectivity index (χ1n) is 5.89. The van der Waals surface area contributed by atoms with E-state index in [-0.39, 0.29) is 5.56 Å². The number of anilines is 1. The summed E-state index contributed by atoms with van der Waals surface area (Å²) in [6, 6.07) is 3.69. The quantitative estimate of drug-likeness (QED) is 0.814. The van der Waals surface area contributed by atoms with Crippen LogP contribution >= 0.6 is 0 Å². The molecule has 1 aromatic rings. The minimum absolute atomic E-state index is 0.282. The molecule has 1 atom stereocenters. The van der Waals surface area contributed by atoms with Gasteiger partial charge in [-0.25, -0.2) is 9.78 Å². The van der Waals surface area contributed by atoms with Gasteiger partial charge >= 0.3 is 5.97 Å². The minimum Gasteiger partial charge on any atom is -0.478 e. The van der Waals surface area contributed by atoms with Crippen molar-refractivity contribution in [3.05, 3.63) is 23.9 Å². The molecule has 5 nitrogen and oxygen atoms in total. The fourth-order valence-corrected chi connectivity index (χ4v) is 2.22. The van der Waals surface area contributed by atoms with Crippen molar-refractivity contribution in [2.45, 2.75) is 19.4 Å². The predicted octanol–water partition coefficient (Wildman–Crippen LogP) is 0.968. The summed E-state index contributed by atoms with van der Waals surface area (Å²) < 4.78 is 0. The summed E-state index contributed by atoms with van der Waals surface area (Å²) in [6.07, 6.45) is 2.67. The number of rotatable bonds is 4. The third-order valence-corrected chi connectivity index (χ3v) is 3.00. The van der Waals surface area contributed by atoms with Gasteiger partial charge in [0.15, 0.2) is 0 Å².